The molecule has 0 spiro atoms. The number of carbonyl (C=O) groups is 1. The minimum Gasteiger partial charge on any atom is -0.376 e. The highest BCUT2D eigenvalue weighted by molar-refractivity contribution is 7.09. The Morgan fingerprint density at radius 1 is 1.72 bits per heavy atom. The van der Waals surface area contributed by atoms with Gasteiger partial charge in [-0.3, -0.25) is 4.79 Å². The largest absolute Gasteiger partial charge is 0.376 e. The lowest BCUT2D eigenvalue weighted by molar-refractivity contribution is -0.134. The highest BCUT2D eigenvalue weighted by Gasteiger charge is 2.24. The van der Waals surface area contributed by atoms with Crippen LogP contribution in [0.15, 0.2) is 17.5 Å². The number of ether oxygens (including phenoxy) is 1. The maximum Gasteiger partial charge on any atom is 0.239 e. The van der Waals surface area contributed by atoms with Crippen molar-refractivity contribution in [2.24, 2.45) is 5.73 Å². The molecule has 1 aromatic heterocycles. The second-order valence-electron chi connectivity index (χ2n) is 4.72. The number of hydrogen-bond donors (Lipinski definition) is 1. The number of rotatable bonds is 5. The third-order valence-corrected chi connectivity index (χ3v) is 3.94. The topological polar surface area (TPSA) is 55.6 Å². The van der Waals surface area contributed by atoms with Crippen LogP contribution in [0.2, 0.25) is 0 Å². The summed E-state index contributed by atoms with van der Waals surface area (Å²) in [4.78, 5) is 15.1. The van der Waals surface area contributed by atoms with Crippen molar-refractivity contribution >= 4 is 17.2 Å². The van der Waals surface area contributed by atoms with Crippen LogP contribution >= 0.6 is 11.3 Å². The first-order valence-corrected chi connectivity index (χ1v) is 7.23. The van der Waals surface area contributed by atoms with Gasteiger partial charge < -0.3 is 15.4 Å². The molecule has 2 rings (SSSR count). The van der Waals surface area contributed by atoms with Crippen LogP contribution < -0.4 is 5.73 Å². The Hall–Kier alpha value is -0.910. The number of hydrogen-bond acceptors (Lipinski definition) is 4. The third kappa shape index (κ3) is 3.54. The van der Waals surface area contributed by atoms with Crippen LogP contribution in [0.4, 0.5) is 0 Å². The zero-order valence-corrected chi connectivity index (χ0v) is 11.5. The standard InChI is InChI=1S/C13H20N2O2S/c1-10(14)13(16)15(8-11-4-2-6-17-11)9-12-5-3-7-18-12/h3,5,7,10-11H,2,4,6,8-9,14H2,1H3/t10-,11?/m0/s1. The summed E-state index contributed by atoms with van der Waals surface area (Å²) in [5.41, 5.74) is 5.71. The maximum atomic E-state index is 12.1. The predicted molar refractivity (Wildman–Crippen MR) is 72.4 cm³/mol. The molecule has 4 nitrogen and oxygen atoms in total. The summed E-state index contributed by atoms with van der Waals surface area (Å²) in [6.45, 7) is 3.83. The van der Waals surface area contributed by atoms with Crippen molar-refractivity contribution in [2.75, 3.05) is 13.2 Å². The Morgan fingerprint density at radius 2 is 2.56 bits per heavy atom. The Morgan fingerprint density at radius 3 is 3.11 bits per heavy atom. The van der Waals surface area contributed by atoms with E-state index in [0.717, 1.165) is 19.4 Å². The van der Waals surface area contributed by atoms with E-state index in [2.05, 4.69) is 0 Å². The number of carbonyl (C=O) groups excluding carboxylic acids is 1. The molecule has 5 heteroatoms. The molecule has 2 N–H and O–H groups in total. The molecule has 0 saturated carbocycles. The molecular weight excluding hydrogens is 248 g/mol. The predicted octanol–water partition coefficient (Wildman–Crippen LogP) is 1.60. The van der Waals surface area contributed by atoms with Crippen molar-refractivity contribution in [3.05, 3.63) is 22.4 Å². The van der Waals surface area contributed by atoms with Crippen molar-refractivity contribution in [2.45, 2.75) is 38.5 Å². The lowest BCUT2D eigenvalue weighted by atomic mass is 10.2. The normalized spacial score (nSPS) is 20.9. The van der Waals surface area contributed by atoms with Crippen LogP contribution in [0.1, 0.15) is 24.6 Å². The van der Waals surface area contributed by atoms with Crippen LogP contribution in [0.5, 0.6) is 0 Å². The fraction of sp³-hybridized carbons (Fsp3) is 0.615. The summed E-state index contributed by atoms with van der Waals surface area (Å²) in [5, 5.41) is 2.02. The molecule has 1 saturated heterocycles. The molecule has 0 radical (unpaired) electrons. The third-order valence-electron chi connectivity index (χ3n) is 3.08. The van der Waals surface area contributed by atoms with Crippen molar-refractivity contribution < 1.29 is 9.53 Å². The highest BCUT2D eigenvalue weighted by Crippen LogP contribution is 2.17. The van der Waals surface area contributed by atoms with Gasteiger partial charge in [-0.1, -0.05) is 6.07 Å². The number of thiophene rings is 1. The van der Waals surface area contributed by atoms with Gasteiger partial charge >= 0.3 is 0 Å². The Kier molecular flexibility index (Phi) is 4.74. The monoisotopic (exact) mass is 268 g/mol. The molecule has 1 fully saturated rings. The van der Waals surface area contributed by atoms with Gasteiger partial charge in [-0.25, -0.2) is 0 Å². The fourth-order valence-corrected chi connectivity index (χ4v) is 2.86. The minimum atomic E-state index is -0.452. The van der Waals surface area contributed by atoms with E-state index in [-0.39, 0.29) is 12.0 Å². The van der Waals surface area contributed by atoms with E-state index in [9.17, 15) is 4.79 Å². The van der Waals surface area contributed by atoms with Crippen LogP contribution in [0.3, 0.4) is 0 Å². The Labute approximate surface area is 112 Å². The van der Waals surface area contributed by atoms with Crippen molar-refractivity contribution in [1.82, 2.24) is 4.90 Å². The van der Waals surface area contributed by atoms with Gasteiger partial charge in [0.15, 0.2) is 0 Å². The summed E-state index contributed by atoms with van der Waals surface area (Å²) in [7, 11) is 0. The van der Waals surface area contributed by atoms with E-state index < -0.39 is 6.04 Å². The molecule has 0 bridgehead atoms. The Bertz CT molecular complexity index is 372. The molecule has 2 atom stereocenters. The van der Waals surface area contributed by atoms with Crippen LogP contribution in [0.25, 0.3) is 0 Å². The molecule has 1 aliphatic heterocycles. The van der Waals surface area contributed by atoms with E-state index in [1.54, 1.807) is 18.3 Å². The average molecular weight is 268 g/mol. The zero-order chi connectivity index (χ0) is 13.0. The lowest BCUT2D eigenvalue weighted by Gasteiger charge is -2.26. The van der Waals surface area contributed by atoms with Gasteiger partial charge in [0.1, 0.15) is 0 Å². The molecule has 100 valence electrons. The molecule has 1 aliphatic rings. The van der Waals surface area contributed by atoms with E-state index >= 15 is 0 Å². The van der Waals surface area contributed by atoms with Crippen LogP contribution in [-0.4, -0.2) is 36.1 Å². The first-order valence-electron chi connectivity index (χ1n) is 6.35. The second kappa shape index (κ2) is 6.31. The summed E-state index contributed by atoms with van der Waals surface area (Å²) in [6.07, 6.45) is 2.30. The number of nitrogens with zero attached hydrogens (tertiary/aromatic N) is 1. The van der Waals surface area contributed by atoms with Crippen molar-refractivity contribution in [3.8, 4) is 0 Å². The Balaban J connectivity index is 1.99. The average Bonchev–Trinajstić information content (AvgIpc) is 2.99. The first kappa shape index (κ1) is 13.5. The minimum absolute atomic E-state index is 0.00102. The zero-order valence-electron chi connectivity index (χ0n) is 10.7. The molecular formula is C13H20N2O2S. The second-order valence-corrected chi connectivity index (χ2v) is 5.75. The summed E-state index contributed by atoms with van der Waals surface area (Å²) >= 11 is 1.66. The van der Waals surface area contributed by atoms with Crippen LogP contribution in [-0.2, 0) is 16.1 Å². The van der Waals surface area contributed by atoms with Gasteiger partial charge in [0, 0.05) is 18.0 Å². The van der Waals surface area contributed by atoms with E-state index in [0.29, 0.717) is 13.1 Å². The van der Waals surface area contributed by atoms with E-state index in [4.69, 9.17) is 10.5 Å². The maximum absolute atomic E-state index is 12.1. The number of amides is 1. The molecule has 1 unspecified atom stereocenters. The van der Waals surface area contributed by atoms with Gasteiger partial charge in [0.25, 0.3) is 0 Å². The first-order chi connectivity index (χ1) is 8.66. The lowest BCUT2D eigenvalue weighted by Crippen LogP contribution is -2.44. The van der Waals surface area contributed by atoms with Gasteiger partial charge in [0.2, 0.25) is 5.91 Å². The molecule has 2 heterocycles. The number of nitrogens with two attached hydrogens (primary N) is 1. The molecule has 0 aliphatic carbocycles. The van der Waals surface area contributed by atoms with E-state index in [1.165, 1.54) is 4.88 Å². The molecule has 1 amide bonds. The summed E-state index contributed by atoms with van der Waals surface area (Å²) < 4.78 is 5.60. The van der Waals surface area contributed by atoms with E-state index in [1.807, 2.05) is 22.4 Å². The smallest absolute Gasteiger partial charge is 0.239 e. The van der Waals surface area contributed by atoms with Crippen molar-refractivity contribution in [1.29, 1.82) is 0 Å². The molecule has 18 heavy (non-hydrogen) atoms. The summed E-state index contributed by atoms with van der Waals surface area (Å²) in [6, 6.07) is 3.59. The van der Waals surface area contributed by atoms with Gasteiger partial charge in [-0.05, 0) is 31.2 Å². The van der Waals surface area contributed by atoms with Gasteiger partial charge in [-0.2, -0.15) is 0 Å². The van der Waals surface area contributed by atoms with Gasteiger partial charge in [-0.15, -0.1) is 11.3 Å². The highest BCUT2D eigenvalue weighted by atomic mass is 32.1. The van der Waals surface area contributed by atoms with Crippen molar-refractivity contribution in [3.63, 3.8) is 0 Å². The van der Waals surface area contributed by atoms with Gasteiger partial charge in [0.05, 0.1) is 18.7 Å². The fourth-order valence-electron chi connectivity index (χ4n) is 2.15. The SMILES string of the molecule is C[C@H](N)C(=O)N(Cc1cccs1)CC1CCCO1. The quantitative estimate of drug-likeness (QED) is 0.882. The van der Waals surface area contributed by atoms with Crippen LogP contribution in [0, 0.1) is 0 Å². The molecule has 0 aromatic carbocycles. The molecule has 1 aromatic rings. The summed E-state index contributed by atoms with van der Waals surface area (Å²) in [5.74, 6) is -0.00102.